The molecule has 3 unspecified atom stereocenters. The van der Waals surface area contributed by atoms with Crippen molar-refractivity contribution in [1.82, 2.24) is 0 Å². The van der Waals surface area contributed by atoms with Crippen molar-refractivity contribution >= 4 is 19.4 Å². The van der Waals surface area contributed by atoms with Crippen LogP contribution in [0.2, 0.25) is 0 Å². The number of nitrogens with two attached hydrogens (primary N) is 1. The van der Waals surface area contributed by atoms with Crippen molar-refractivity contribution < 1.29 is 38.3 Å². The molecule has 0 fully saturated rings. The fraction of sp³-hybridized carbons (Fsp3) is 0.892. The summed E-state index contributed by atoms with van der Waals surface area (Å²) in [5.41, 5.74) is 5.34. The van der Waals surface area contributed by atoms with Crippen LogP contribution >= 0.6 is 7.82 Å². The maximum atomic E-state index is 13.6. The van der Waals surface area contributed by atoms with E-state index in [0.717, 1.165) is 51.4 Å². The first kappa shape index (κ1) is 46.1. The molecule has 0 amide bonds. The molecule has 0 aliphatic rings. The van der Waals surface area contributed by atoms with Crippen molar-refractivity contribution in [3.8, 4) is 0 Å². The standard InChI is InChI=1S/C37H72NO8P/c1-3-5-7-9-11-13-15-16-17-19-20-22-24-26-28-33(34(40)29-27-25-23-21-18-14-12-10-8-6-4-2)36(42)37(35(41)32-39)46-47(43,44)45-31-30-38/h16-17,33,35,37,39,41H,3-15,18-32,38H2,1-2H3,(H,43,44)/b17-16-/t33?,35-,37?/m0/s1. The third-order valence-electron chi connectivity index (χ3n) is 8.70. The lowest BCUT2D eigenvalue weighted by molar-refractivity contribution is -0.143. The second kappa shape index (κ2) is 32.3. The third-order valence-corrected chi connectivity index (χ3v) is 9.70. The number of Topliss-reactive ketones (excluding diaryl/α,β-unsaturated/α-hetero) is 2. The Bertz CT molecular complexity index is 824. The Balaban J connectivity index is 4.91. The molecule has 0 radical (unpaired) electrons. The summed E-state index contributed by atoms with van der Waals surface area (Å²) < 4.78 is 22.2. The summed E-state index contributed by atoms with van der Waals surface area (Å²) in [5, 5.41) is 19.9. The normalized spacial score (nSPS) is 15.1. The Morgan fingerprint density at radius 3 is 1.64 bits per heavy atom. The highest BCUT2D eigenvalue weighted by Gasteiger charge is 2.40. The number of ketones is 2. The van der Waals surface area contributed by atoms with E-state index < -0.39 is 38.3 Å². The summed E-state index contributed by atoms with van der Waals surface area (Å²) in [5.74, 6) is -2.13. The summed E-state index contributed by atoms with van der Waals surface area (Å²) in [6.07, 6.45) is 27.3. The molecule has 0 aromatic rings. The SMILES string of the molecule is CCCCCCCC/C=C\CCCCCCC(C(=O)CCCCCCCCCCCCC)C(=O)C(OP(=O)(O)OCCN)[C@@H](O)CO. The summed E-state index contributed by atoms with van der Waals surface area (Å²) in [7, 11) is -4.76. The maximum absolute atomic E-state index is 13.6. The Morgan fingerprint density at radius 1 is 0.723 bits per heavy atom. The van der Waals surface area contributed by atoms with E-state index in [0.29, 0.717) is 12.8 Å². The number of carbonyl (C=O) groups is 2. The molecule has 0 aliphatic heterocycles. The molecule has 47 heavy (non-hydrogen) atoms. The Hall–Kier alpha value is -0.930. The molecule has 0 aliphatic carbocycles. The molecule has 0 saturated heterocycles. The molecule has 0 saturated carbocycles. The van der Waals surface area contributed by atoms with Crippen LogP contribution in [0.3, 0.4) is 0 Å². The first-order chi connectivity index (χ1) is 22.7. The highest BCUT2D eigenvalue weighted by Crippen LogP contribution is 2.45. The molecule has 0 spiro atoms. The average molecular weight is 690 g/mol. The largest absolute Gasteiger partial charge is 0.473 e. The van der Waals surface area contributed by atoms with E-state index in [1.807, 2.05) is 0 Å². The molecule has 5 N–H and O–H groups in total. The quantitative estimate of drug-likeness (QED) is 0.0218. The van der Waals surface area contributed by atoms with Crippen LogP contribution in [0.4, 0.5) is 0 Å². The number of hydrogen-bond donors (Lipinski definition) is 4. The molecule has 9 nitrogen and oxygen atoms in total. The molecule has 0 bridgehead atoms. The van der Waals surface area contributed by atoms with E-state index in [1.165, 1.54) is 83.5 Å². The average Bonchev–Trinajstić information content (AvgIpc) is 3.06. The molecule has 0 aromatic heterocycles. The van der Waals surface area contributed by atoms with Crippen LogP contribution in [0.15, 0.2) is 12.2 Å². The fourth-order valence-electron chi connectivity index (χ4n) is 5.79. The monoisotopic (exact) mass is 689 g/mol. The highest BCUT2D eigenvalue weighted by molar-refractivity contribution is 7.47. The van der Waals surface area contributed by atoms with Crippen LogP contribution in [-0.4, -0.2) is 58.6 Å². The van der Waals surface area contributed by atoms with Gasteiger partial charge in [-0.2, -0.15) is 0 Å². The second-order valence-corrected chi connectivity index (χ2v) is 14.5. The Labute approximate surface area is 287 Å². The van der Waals surface area contributed by atoms with Gasteiger partial charge in [-0.15, -0.1) is 0 Å². The van der Waals surface area contributed by atoms with Gasteiger partial charge < -0.3 is 20.8 Å². The summed E-state index contributed by atoms with van der Waals surface area (Å²) >= 11 is 0. The number of phosphoric ester groups is 1. The van der Waals surface area contributed by atoms with Crippen LogP contribution in [0.25, 0.3) is 0 Å². The predicted octanol–water partition coefficient (Wildman–Crippen LogP) is 8.90. The molecule has 0 aromatic carbocycles. The van der Waals surface area contributed by atoms with Gasteiger partial charge in [-0.05, 0) is 38.5 Å². The van der Waals surface area contributed by atoms with E-state index in [9.17, 15) is 29.3 Å². The molecule has 0 rings (SSSR count). The van der Waals surface area contributed by atoms with Crippen molar-refractivity contribution in [3.05, 3.63) is 12.2 Å². The predicted molar refractivity (Wildman–Crippen MR) is 192 cm³/mol. The van der Waals surface area contributed by atoms with Crippen LogP contribution in [-0.2, 0) is 23.2 Å². The Morgan fingerprint density at radius 2 is 1.17 bits per heavy atom. The zero-order valence-electron chi connectivity index (χ0n) is 30.1. The van der Waals surface area contributed by atoms with Crippen molar-refractivity contribution in [3.63, 3.8) is 0 Å². The summed E-state index contributed by atoms with van der Waals surface area (Å²) in [4.78, 5) is 37.0. The maximum Gasteiger partial charge on any atom is 0.473 e. The van der Waals surface area contributed by atoms with Crippen LogP contribution in [0.1, 0.15) is 174 Å². The molecular weight excluding hydrogens is 617 g/mol. The van der Waals surface area contributed by atoms with E-state index in [4.69, 9.17) is 14.8 Å². The van der Waals surface area contributed by atoms with Crippen molar-refractivity contribution in [2.24, 2.45) is 11.7 Å². The first-order valence-corrected chi connectivity index (χ1v) is 20.6. The van der Waals surface area contributed by atoms with Crippen LogP contribution < -0.4 is 5.73 Å². The summed E-state index contributed by atoms with van der Waals surface area (Å²) in [6, 6.07) is 0. The number of rotatable bonds is 36. The number of aliphatic hydroxyl groups excluding tert-OH is 2. The third kappa shape index (κ3) is 26.6. The lowest BCUT2D eigenvalue weighted by Gasteiger charge is -2.26. The van der Waals surface area contributed by atoms with Gasteiger partial charge in [0.15, 0.2) is 11.9 Å². The molecule has 4 atom stereocenters. The number of allylic oxidation sites excluding steroid dienone is 2. The van der Waals surface area contributed by atoms with E-state index >= 15 is 0 Å². The molecule has 10 heteroatoms. The van der Waals surface area contributed by atoms with Crippen molar-refractivity contribution in [2.75, 3.05) is 19.8 Å². The molecule has 278 valence electrons. The second-order valence-electron chi connectivity index (χ2n) is 13.1. The lowest BCUT2D eigenvalue weighted by atomic mass is 9.86. The topological polar surface area (TPSA) is 156 Å². The summed E-state index contributed by atoms with van der Waals surface area (Å²) in [6.45, 7) is 3.23. The van der Waals surface area contributed by atoms with Gasteiger partial charge in [-0.1, -0.05) is 142 Å². The van der Waals surface area contributed by atoms with Crippen LogP contribution in [0, 0.1) is 5.92 Å². The van der Waals surface area contributed by atoms with Crippen molar-refractivity contribution in [2.45, 2.75) is 187 Å². The van der Waals surface area contributed by atoms with E-state index in [2.05, 4.69) is 26.0 Å². The van der Waals surface area contributed by atoms with E-state index in [1.54, 1.807) is 0 Å². The van der Waals surface area contributed by atoms with Gasteiger partial charge >= 0.3 is 7.82 Å². The van der Waals surface area contributed by atoms with Gasteiger partial charge in [0.2, 0.25) is 0 Å². The smallest absolute Gasteiger partial charge is 0.394 e. The number of aliphatic hydroxyl groups is 2. The first-order valence-electron chi connectivity index (χ1n) is 19.1. The number of phosphoric acid groups is 1. The highest BCUT2D eigenvalue weighted by atomic mass is 31.2. The van der Waals surface area contributed by atoms with Gasteiger partial charge in [-0.3, -0.25) is 18.6 Å². The molecular formula is C37H72NO8P. The van der Waals surface area contributed by atoms with Gasteiger partial charge in [0.25, 0.3) is 0 Å². The van der Waals surface area contributed by atoms with Gasteiger partial charge in [0.05, 0.1) is 19.1 Å². The van der Waals surface area contributed by atoms with Crippen LogP contribution in [0.5, 0.6) is 0 Å². The van der Waals surface area contributed by atoms with Gasteiger partial charge in [-0.25, -0.2) is 4.57 Å². The number of carbonyl (C=O) groups excluding carboxylic acids is 2. The minimum absolute atomic E-state index is 0.0515. The fourth-order valence-corrected chi connectivity index (χ4v) is 6.72. The minimum Gasteiger partial charge on any atom is -0.394 e. The van der Waals surface area contributed by atoms with Gasteiger partial charge in [0, 0.05) is 13.0 Å². The van der Waals surface area contributed by atoms with Crippen molar-refractivity contribution in [1.29, 1.82) is 0 Å². The zero-order valence-corrected chi connectivity index (χ0v) is 31.0. The minimum atomic E-state index is -4.76. The Kier molecular flexibility index (Phi) is 31.6. The molecule has 0 heterocycles. The number of unbranched alkanes of at least 4 members (excludes halogenated alkanes) is 20. The lowest BCUT2D eigenvalue weighted by Crippen LogP contribution is -2.43. The van der Waals surface area contributed by atoms with Gasteiger partial charge in [0.1, 0.15) is 11.9 Å². The zero-order chi connectivity index (χ0) is 35.0. The van der Waals surface area contributed by atoms with E-state index in [-0.39, 0.29) is 31.8 Å². The number of hydrogen-bond acceptors (Lipinski definition) is 8.